The highest BCUT2D eigenvalue weighted by Crippen LogP contribution is 2.03. The lowest BCUT2D eigenvalue weighted by Gasteiger charge is -2.30. The number of hydrogen-bond donors (Lipinski definition) is 0. The standard InChI is InChI=1S/C10H21NO2/c1-3-6-12-7-4-11-5-8-13-10(2)9-11/h10H,3-9H2,1-2H3/t10-/m0/s1. The van der Waals surface area contributed by atoms with Crippen molar-refractivity contribution in [3.63, 3.8) is 0 Å². The number of hydrogen-bond acceptors (Lipinski definition) is 3. The zero-order chi connectivity index (χ0) is 9.52. The maximum atomic E-state index is 5.45. The Hall–Kier alpha value is -0.120. The Kier molecular flexibility index (Phi) is 5.35. The molecule has 0 amide bonds. The summed E-state index contributed by atoms with van der Waals surface area (Å²) in [5.41, 5.74) is 0. The molecule has 1 aliphatic heterocycles. The van der Waals surface area contributed by atoms with Crippen molar-refractivity contribution < 1.29 is 9.47 Å². The second-order valence-electron chi connectivity index (χ2n) is 3.59. The van der Waals surface area contributed by atoms with Gasteiger partial charge in [0.25, 0.3) is 0 Å². The van der Waals surface area contributed by atoms with Crippen molar-refractivity contribution in [1.29, 1.82) is 0 Å². The highest BCUT2D eigenvalue weighted by Gasteiger charge is 2.15. The fourth-order valence-electron chi connectivity index (χ4n) is 1.53. The molecular weight excluding hydrogens is 166 g/mol. The van der Waals surface area contributed by atoms with Crippen LogP contribution in [0.5, 0.6) is 0 Å². The first-order valence-electron chi connectivity index (χ1n) is 5.24. The Labute approximate surface area is 81.0 Å². The van der Waals surface area contributed by atoms with Gasteiger partial charge in [-0.05, 0) is 13.3 Å². The first-order valence-corrected chi connectivity index (χ1v) is 5.24. The fourth-order valence-corrected chi connectivity index (χ4v) is 1.53. The van der Waals surface area contributed by atoms with Crippen LogP contribution in [0, 0.1) is 0 Å². The lowest BCUT2D eigenvalue weighted by molar-refractivity contribution is -0.0269. The van der Waals surface area contributed by atoms with Gasteiger partial charge in [-0.2, -0.15) is 0 Å². The zero-order valence-corrected chi connectivity index (χ0v) is 8.79. The van der Waals surface area contributed by atoms with Crippen LogP contribution in [-0.4, -0.2) is 50.5 Å². The number of morpholine rings is 1. The quantitative estimate of drug-likeness (QED) is 0.602. The molecule has 0 saturated carbocycles. The van der Waals surface area contributed by atoms with Gasteiger partial charge in [0.1, 0.15) is 0 Å². The van der Waals surface area contributed by atoms with Gasteiger partial charge in [-0.3, -0.25) is 4.90 Å². The highest BCUT2D eigenvalue weighted by atomic mass is 16.5. The van der Waals surface area contributed by atoms with E-state index in [9.17, 15) is 0 Å². The van der Waals surface area contributed by atoms with Gasteiger partial charge in [0, 0.05) is 26.2 Å². The number of nitrogens with zero attached hydrogens (tertiary/aromatic N) is 1. The van der Waals surface area contributed by atoms with E-state index in [1.807, 2.05) is 0 Å². The van der Waals surface area contributed by atoms with Crippen LogP contribution in [0.25, 0.3) is 0 Å². The van der Waals surface area contributed by atoms with Crippen molar-refractivity contribution in [3.8, 4) is 0 Å². The Bertz CT molecular complexity index is 130. The Morgan fingerprint density at radius 2 is 2.31 bits per heavy atom. The molecule has 0 N–H and O–H groups in total. The smallest absolute Gasteiger partial charge is 0.0674 e. The average molecular weight is 187 g/mol. The molecule has 1 heterocycles. The van der Waals surface area contributed by atoms with E-state index in [-0.39, 0.29) is 0 Å². The number of rotatable bonds is 5. The SMILES string of the molecule is CCCOCCN1CCO[C@@H](C)C1. The van der Waals surface area contributed by atoms with Gasteiger partial charge in [-0.25, -0.2) is 0 Å². The van der Waals surface area contributed by atoms with Crippen molar-refractivity contribution >= 4 is 0 Å². The Morgan fingerprint density at radius 3 is 3.00 bits per heavy atom. The molecule has 1 rings (SSSR count). The van der Waals surface area contributed by atoms with Crippen LogP contribution in [0.4, 0.5) is 0 Å². The highest BCUT2D eigenvalue weighted by molar-refractivity contribution is 4.67. The van der Waals surface area contributed by atoms with Gasteiger partial charge in [0.2, 0.25) is 0 Å². The summed E-state index contributed by atoms with van der Waals surface area (Å²) in [6.45, 7) is 10.0. The van der Waals surface area contributed by atoms with Crippen LogP contribution >= 0.6 is 0 Å². The largest absolute Gasteiger partial charge is 0.380 e. The van der Waals surface area contributed by atoms with Crippen LogP contribution in [-0.2, 0) is 9.47 Å². The number of ether oxygens (including phenoxy) is 2. The van der Waals surface area contributed by atoms with Gasteiger partial charge < -0.3 is 9.47 Å². The van der Waals surface area contributed by atoms with Crippen LogP contribution in [0.15, 0.2) is 0 Å². The van der Waals surface area contributed by atoms with E-state index >= 15 is 0 Å². The fraction of sp³-hybridized carbons (Fsp3) is 1.00. The monoisotopic (exact) mass is 187 g/mol. The van der Waals surface area contributed by atoms with E-state index in [2.05, 4.69) is 18.7 Å². The third-order valence-corrected chi connectivity index (χ3v) is 2.23. The van der Waals surface area contributed by atoms with E-state index < -0.39 is 0 Å². The van der Waals surface area contributed by atoms with Crippen molar-refractivity contribution in [2.75, 3.05) is 39.5 Å². The van der Waals surface area contributed by atoms with Crippen molar-refractivity contribution in [2.45, 2.75) is 26.4 Å². The van der Waals surface area contributed by atoms with Gasteiger partial charge in [0.05, 0.1) is 19.3 Å². The molecule has 0 aliphatic carbocycles. The molecule has 3 heteroatoms. The molecular formula is C10H21NO2. The average Bonchev–Trinajstić information content (AvgIpc) is 2.13. The lowest BCUT2D eigenvalue weighted by Crippen LogP contribution is -2.42. The summed E-state index contributed by atoms with van der Waals surface area (Å²) in [5.74, 6) is 0. The maximum absolute atomic E-state index is 5.45. The zero-order valence-electron chi connectivity index (χ0n) is 8.79. The molecule has 0 aromatic rings. The molecule has 3 nitrogen and oxygen atoms in total. The summed E-state index contributed by atoms with van der Waals surface area (Å²) in [6, 6.07) is 0. The molecule has 1 saturated heterocycles. The predicted molar refractivity (Wildman–Crippen MR) is 53.0 cm³/mol. The topological polar surface area (TPSA) is 21.7 Å². The van der Waals surface area contributed by atoms with Crippen LogP contribution in [0.3, 0.4) is 0 Å². The molecule has 13 heavy (non-hydrogen) atoms. The van der Waals surface area contributed by atoms with E-state index in [4.69, 9.17) is 9.47 Å². The summed E-state index contributed by atoms with van der Waals surface area (Å²) in [6.07, 6.45) is 1.50. The molecule has 0 aromatic carbocycles. The Balaban J connectivity index is 2.00. The first kappa shape index (κ1) is 11.0. The van der Waals surface area contributed by atoms with Crippen LogP contribution < -0.4 is 0 Å². The maximum Gasteiger partial charge on any atom is 0.0674 e. The van der Waals surface area contributed by atoms with E-state index in [0.29, 0.717) is 6.10 Å². The molecule has 1 atom stereocenters. The molecule has 0 aromatic heterocycles. The van der Waals surface area contributed by atoms with Crippen LogP contribution in [0.1, 0.15) is 20.3 Å². The third-order valence-electron chi connectivity index (χ3n) is 2.23. The minimum absolute atomic E-state index is 0.389. The summed E-state index contributed by atoms with van der Waals surface area (Å²) >= 11 is 0. The van der Waals surface area contributed by atoms with Gasteiger partial charge in [0.15, 0.2) is 0 Å². The summed E-state index contributed by atoms with van der Waals surface area (Å²) in [5, 5.41) is 0. The lowest BCUT2D eigenvalue weighted by atomic mass is 10.3. The van der Waals surface area contributed by atoms with Crippen molar-refractivity contribution in [1.82, 2.24) is 4.90 Å². The molecule has 0 spiro atoms. The minimum atomic E-state index is 0.389. The summed E-state index contributed by atoms with van der Waals surface area (Å²) < 4.78 is 10.9. The molecule has 0 radical (unpaired) electrons. The van der Waals surface area contributed by atoms with Gasteiger partial charge >= 0.3 is 0 Å². The van der Waals surface area contributed by atoms with Gasteiger partial charge in [-0.15, -0.1) is 0 Å². The molecule has 0 bridgehead atoms. The first-order chi connectivity index (χ1) is 6.33. The second kappa shape index (κ2) is 6.35. The van der Waals surface area contributed by atoms with Crippen molar-refractivity contribution in [3.05, 3.63) is 0 Å². The van der Waals surface area contributed by atoms with E-state index in [1.54, 1.807) is 0 Å². The molecule has 0 unspecified atom stereocenters. The second-order valence-corrected chi connectivity index (χ2v) is 3.59. The predicted octanol–water partition coefficient (Wildman–Crippen LogP) is 1.13. The molecule has 1 fully saturated rings. The summed E-state index contributed by atoms with van der Waals surface area (Å²) in [4.78, 5) is 2.41. The van der Waals surface area contributed by atoms with E-state index in [0.717, 1.165) is 45.9 Å². The van der Waals surface area contributed by atoms with Gasteiger partial charge in [-0.1, -0.05) is 6.92 Å². The minimum Gasteiger partial charge on any atom is -0.380 e. The third kappa shape index (κ3) is 4.60. The van der Waals surface area contributed by atoms with E-state index in [1.165, 1.54) is 0 Å². The van der Waals surface area contributed by atoms with Crippen LogP contribution in [0.2, 0.25) is 0 Å². The molecule has 1 aliphatic rings. The molecule has 78 valence electrons. The summed E-state index contributed by atoms with van der Waals surface area (Å²) in [7, 11) is 0. The van der Waals surface area contributed by atoms with Crippen molar-refractivity contribution in [2.24, 2.45) is 0 Å². The Morgan fingerprint density at radius 1 is 1.46 bits per heavy atom. The normalized spacial score (nSPS) is 24.9.